The fourth-order valence-corrected chi connectivity index (χ4v) is 2.98. The van der Waals surface area contributed by atoms with Gasteiger partial charge < -0.3 is 38.6 Å². The highest BCUT2D eigenvalue weighted by Gasteiger charge is 2.27. The van der Waals surface area contributed by atoms with Gasteiger partial charge in [0.2, 0.25) is 11.5 Å². The van der Waals surface area contributed by atoms with Gasteiger partial charge in [0, 0.05) is 6.42 Å². The molecule has 0 heterocycles. The summed E-state index contributed by atoms with van der Waals surface area (Å²) in [5, 5.41) is 18.5. The number of rotatable bonds is 12. The molecule has 0 saturated heterocycles. The van der Waals surface area contributed by atoms with Crippen molar-refractivity contribution in [2.24, 2.45) is 0 Å². The lowest BCUT2D eigenvalue weighted by Crippen LogP contribution is -2.31. The molecule has 0 atom stereocenters. The molecule has 2 aromatic rings. The smallest absolute Gasteiger partial charge is 0.335 e. The highest BCUT2D eigenvalue weighted by atomic mass is 16.6. The maximum atomic E-state index is 11.4. The van der Waals surface area contributed by atoms with Gasteiger partial charge in [-0.15, -0.1) is 0 Å². The van der Waals surface area contributed by atoms with Gasteiger partial charge in [0.1, 0.15) is 5.60 Å². The van der Waals surface area contributed by atoms with Crippen molar-refractivity contribution in [3.8, 4) is 34.5 Å². The third-order valence-corrected chi connectivity index (χ3v) is 4.74. The largest absolute Gasteiger partial charge is 0.493 e. The van der Waals surface area contributed by atoms with Crippen LogP contribution in [0.15, 0.2) is 24.3 Å². The van der Waals surface area contributed by atoms with Crippen molar-refractivity contribution in [3.63, 3.8) is 0 Å². The van der Waals surface area contributed by atoms with Crippen LogP contribution in [-0.4, -0.2) is 62.8 Å². The summed E-state index contributed by atoms with van der Waals surface area (Å²) in [6.45, 7) is 3.81. The molecule has 0 bridgehead atoms. The van der Waals surface area contributed by atoms with E-state index in [0.717, 1.165) is 0 Å². The van der Waals surface area contributed by atoms with Crippen molar-refractivity contribution in [2.75, 3.05) is 35.0 Å². The van der Waals surface area contributed by atoms with Gasteiger partial charge in [-0.3, -0.25) is 0 Å². The summed E-state index contributed by atoms with van der Waals surface area (Å²) in [5.41, 5.74) is -0.780. The number of methoxy groups -OCH3 is 4. The Morgan fingerprint density at radius 3 is 1.42 bits per heavy atom. The van der Waals surface area contributed by atoms with E-state index < -0.39 is 17.5 Å². The van der Waals surface area contributed by atoms with Crippen molar-refractivity contribution >= 4 is 11.9 Å². The van der Waals surface area contributed by atoms with Crippen LogP contribution in [-0.2, 0) is 0 Å². The normalized spacial score (nSPS) is 10.8. The Bertz CT molecular complexity index is 962. The Morgan fingerprint density at radius 2 is 1.09 bits per heavy atom. The summed E-state index contributed by atoms with van der Waals surface area (Å²) in [7, 11) is 5.62. The summed E-state index contributed by atoms with van der Waals surface area (Å²) >= 11 is 0. The minimum atomic E-state index is -1.12. The second kappa shape index (κ2) is 10.7. The molecule has 0 fully saturated rings. The van der Waals surface area contributed by atoms with Crippen LogP contribution in [0.25, 0.3) is 0 Å². The SMILES string of the molecule is COc1cc(C(=O)O)cc(OC)c1OCCC(C)(C)Oc1c(OC)cc(C(=O)O)cc1OC. The standard InChI is InChI=1S/C23H28O10/c1-23(2,33-20-17(30-5)11-14(22(26)27)12-18(20)31-6)7-8-32-19-15(28-3)9-13(21(24)25)10-16(19)29-4/h9-12H,7-8H2,1-6H3,(H,24,25)(H,26,27). The van der Waals surface area contributed by atoms with Crippen molar-refractivity contribution in [1.29, 1.82) is 0 Å². The van der Waals surface area contributed by atoms with Gasteiger partial charge in [0.25, 0.3) is 0 Å². The first-order valence-electron chi connectivity index (χ1n) is 9.87. The lowest BCUT2D eigenvalue weighted by Gasteiger charge is -2.28. The fourth-order valence-electron chi connectivity index (χ4n) is 2.98. The molecule has 0 radical (unpaired) electrons. The quantitative estimate of drug-likeness (QED) is 0.479. The molecule has 0 saturated carbocycles. The third-order valence-electron chi connectivity index (χ3n) is 4.74. The number of ether oxygens (including phenoxy) is 6. The van der Waals surface area contributed by atoms with Crippen LogP contribution in [0.1, 0.15) is 41.0 Å². The van der Waals surface area contributed by atoms with Crippen LogP contribution >= 0.6 is 0 Å². The molecule has 2 rings (SSSR count). The summed E-state index contributed by atoms with van der Waals surface area (Å²) in [5.74, 6) is -0.845. The zero-order valence-corrected chi connectivity index (χ0v) is 19.4. The Morgan fingerprint density at radius 1 is 0.727 bits per heavy atom. The first-order valence-corrected chi connectivity index (χ1v) is 9.87. The molecule has 10 heteroatoms. The average molecular weight is 464 g/mol. The molecular formula is C23H28O10. The molecule has 0 amide bonds. The Balaban J connectivity index is 2.22. The Labute approximate surface area is 191 Å². The van der Waals surface area contributed by atoms with E-state index in [2.05, 4.69) is 0 Å². The molecule has 0 aliphatic heterocycles. The van der Waals surface area contributed by atoms with Crippen molar-refractivity contribution < 1.29 is 48.2 Å². The fraction of sp³-hybridized carbons (Fsp3) is 0.391. The molecule has 180 valence electrons. The van der Waals surface area contributed by atoms with Crippen LogP contribution in [0.5, 0.6) is 34.5 Å². The third kappa shape index (κ3) is 6.12. The van der Waals surface area contributed by atoms with Gasteiger partial charge in [-0.1, -0.05) is 0 Å². The van der Waals surface area contributed by atoms with Gasteiger partial charge in [-0.25, -0.2) is 9.59 Å². The van der Waals surface area contributed by atoms with E-state index in [1.54, 1.807) is 0 Å². The Kier molecular flexibility index (Phi) is 8.22. The Hall–Kier alpha value is -3.82. The van der Waals surface area contributed by atoms with E-state index in [1.807, 2.05) is 13.8 Å². The van der Waals surface area contributed by atoms with Crippen LogP contribution in [0.2, 0.25) is 0 Å². The number of benzene rings is 2. The number of carboxylic acids is 2. The highest BCUT2D eigenvalue weighted by Crippen LogP contribution is 2.42. The van der Waals surface area contributed by atoms with E-state index in [-0.39, 0.29) is 52.2 Å². The van der Waals surface area contributed by atoms with Crippen molar-refractivity contribution in [1.82, 2.24) is 0 Å². The van der Waals surface area contributed by atoms with Crippen molar-refractivity contribution in [2.45, 2.75) is 25.9 Å². The van der Waals surface area contributed by atoms with E-state index in [9.17, 15) is 19.8 Å². The summed E-state index contributed by atoms with van der Waals surface area (Å²) < 4.78 is 33.1. The first kappa shape index (κ1) is 25.4. The minimum absolute atomic E-state index is 0.00110. The molecule has 2 N–H and O–H groups in total. The van der Waals surface area contributed by atoms with Crippen LogP contribution in [0.4, 0.5) is 0 Å². The molecular weight excluding hydrogens is 436 g/mol. The van der Waals surface area contributed by atoms with Gasteiger partial charge in [-0.05, 0) is 38.1 Å². The van der Waals surface area contributed by atoms with E-state index in [1.165, 1.54) is 52.7 Å². The second-order valence-corrected chi connectivity index (χ2v) is 7.49. The van der Waals surface area contributed by atoms with Crippen LogP contribution in [0.3, 0.4) is 0 Å². The van der Waals surface area contributed by atoms with Gasteiger partial charge >= 0.3 is 11.9 Å². The summed E-state index contributed by atoms with van der Waals surface area (Å²) in [6, 6.07) is 5.40. The van der Waals surface area contributed by atoms with E-state index in [0.29, 0.717) is 6.42 Å². The lowest BCUT2D eigenvalue weighted by atomic mass is 10.1. The molecule has 0 unspecified atom stereocenters. The van der Waals surface area contributed by atoms with Gasteiger partial charge in [0.05, 0.1) is 46.2 Å². The molecule has 10 nitrogen and oxygen atoms in total. The summed E-state index contributed by atoms with van der Waals surface area (Å²) in [4.78, 5) is 22.7. The van der Waals surface area contributed by atoms with E-state index >= 15 is 0 Å². The number of carbonyl (C=O) groups is 2. The molecule has 0 aliphatic rings. The predicted octanol–water partition coefficient (Wildman–Crippen LogP) is 3.74. The maximum absolute atomic E-state index is 11.4. The number of carboxylic acid groups (broad SMARTS) is 2. The van der Waals surface area contributed by atoms with Crippen molar-refractivity contribution in [3.05, 3.63) is 35.4 Å². The predicted molar refractivity (Wildman–Crippen MR) is 118 cm³/mol. The lowest BCUT2D eigenvalue weighted by molar-refractivity contribution is 0.0683. The number of hydrogen-bond acceptors (Lipinski definition) is 8. The van der Waals surface area contributed by atoms with Gasteiger partial charge in [-0.2, -0.15) is 0 Å². The zero-order chi connectivity index (χ0) is 24.8. The highest BCUT2D eigenvalue weighted by molar-refractivity contribution is 5.90. The molecule has 33 heavy (non-hydrogen) atoms. The number of hydrogen-bond donors (Lipinski definition) is 2. The zero-order valence-electron chi connectivity index (χ0n) is 19.4. The molecule has 0 aromatic heterocycles. The maximum Gasteiger partial charge on any atom is 0.335 e. The van der Waals surface area contributed by atoms with Crippen LogP contribution < -0.4 is 28.4 Å². The number of aromatic carboxylic acids is 2. The first-order chi connectivity index (χ1) is 15.6. The molecule has 0 aliphatic carbocycles. The van der Waals surface area contributed by atoms with Gasteiger partial charge in [0.15, 0.2) is 23.0 Å². The minimum Gasteiger partial charge on any atom is -0.493 e. The topological polar surface area (TPSA) is 130 Å². The summed E-state index contributed by atoms with van der Waals surface area (Å²) in [6.07, 6.45) is 0.382. The van der Waals surface area contributed by atoms with E-state index in [4.69, 9.17) is 28.4 Å². The second-order valence-electron chi connectivity index (χ2n) is 7.49. The molecule has 0 spiro atoms. The average Bonchev–Trinajstić information content (AvgIpc) is 2.78. The van der Waals surface area contributed by atoms with Crippen LogP contribution in [0, 0.1) is 0 Å². The monoisotopic (exact) mass is 464 g/mol. The molecule has 2 aromatic carbocycles.